The summed E-state index contributed by atoms with van der Waals surface area (Å²) >= 11 is 0. The van der Waals surface area contributed by atoms with Gasteiger partial charge in [-0.2, -0.15) is 0 Å². The molecule has 1 fully saturated rings. The molecule has 188 valence electrons. The van der Waals surface area contributed by atoms with Gasteiger partial charge in [0, 0.05) is 11.3 Å². The van der Waals surface area contributed by atoms with E-state index in [2.05, 4.69) is 29.4 Å². The first-order valence-corrected chi connectivity index (χ1v) is 14.5. The predicted molar refractivity (Wildman–Crippen MR) is 139 cm³/mol. The molecule has 1 aromatic carbocycles. The third kappa shape index (κ3) is 4.81. The van der Waals surface area contributed by atoms with Crippen molar-refractivity contribution in [1.29, 1.82) is 5.41 Å². The number of nitrogens with one attached hydrogen (secondary N) is 3. The minimum absolute atomic E-state index is 0.0382. The van der Waals surface area contributed by atoms with Gasteiger partial charge >= 0.3 is 6.03 Å². The van der Waals surface area contributed by atoms with Gasteiger partial charge in [-0.3, -0.25) is 10.2 Å². The molecule has 1 unspecified atom stereocenters. The Balaban J connectivity index is 1.69. The molecule has 0 saturated heterocycles. The van der Waals surface area contributed by atoms with E-state index < -0.39 is 26.4 Å². The molecule has 34 heavy (non-hydrogen) atoms. The molecule has 3 amide bonds. The lowest BCUT2D eigenvalue weighted by atomic mass is 9.83. The Hall–Kier alpha value is -2.52. The monoisotopic (exact) mass is 489 g/mol. The number of amides is 3. The fourth-order valence-electron chi connectivity index (χ4n) is 4.73. The van der Waals surface area contributed by atoms with Crippen LogP contribution in [0.4, 0.5) is 4.79 Å². The SMILES string of the molecule is CC1(C)C(N)=C(C(=N)NC(=O)C2(S(C)(C)C)CCC2)CN1C(=O)NC(CO)Cc1ccccc1. The van der Waals surface area contributed by atoms with E-state index in [1.54, 1.807) is 4.90 Å². The van der Waals surface area contributed by atoms with Gasteiger partial charge in [-0.05, 0) is 63.9 Å². The van der Waals surface area contributed by atoms with Crippen LogP contribution in [0, 0.1) is 5.41 Å². The molecule has 6 N–H and O–H groups in total. The Labute approximate surface area is 204 Å². The molecule has 8 nitrogen and oxygen atoms in total. The van der Waals surface area contributed by atoms with Gasteiger partial charge in [-0.1, -0.05) is 30.3 Å². The smallest absolute Gasteiger partial charge is 0.318 e. The lowest BCUT2D eigenvalue weighted by Crippen LogP contribution is -2.55. The van der Waals surface area contributed by atoms with Gasteiger partial charge in [0.2, 0.25) is 5.91 Å². The number of hydrogen-bond acceptors (Lipinski definition) is 5. The maximum Gasteiger partial charge on any atom is 0.318 e. The van der Waals surface area contributed by atoms with Gasteiger partial charge in [0.1, 0.15) is 5.84 Å². The molecule has 0 bridgehead atoms. The highest BCUT2D eigenvalue weighted by Gasteiger charge is 2.51. The minimum Gasteiger partial charge on any atom is -0.400 e. The summed E-state index contributed by atoms with van der Waals surface area (Å²) in [5, 5.41) is 24.1. The third-order valence-electron chi connectivity index (χ3n) is 7.38. The first kappa shape index (κ1) is 26.1. The van der Waals surface area contributed by atoms with E-state index in [9.17, 15) is 14.7 Å². The van der Waals surface area contributed by atoms with Crippen LogP contribution in [0.2, 0.25) is 0 Å². The van der Waals surface area contributed by atoms with Crippen molar-refractivity contribution in [1.82, 2.24) is 15.5 Å². The van der Waals surface area contributed by atoms with E-state index in [1.807, 2.05) is 44.2 Å². The fourth-order valence-corrected chi connectivity index (χ4v) is 6.85. The lowest BCUT2D eigenvalue weighted by molar-refractivity contribution is -0.124. The molecule has 9 heteroatoms. The first-order chi connectivity index (χ1) is 15.8. The number of amidine groups is 1. The molecule has 1 atom stereocenters. The Kier molecular flexibility index (Phi) is 7.38. The number of benzene rings is 1. The number of aliphatic hydroxyl groups is 1. The van der Waals surface area contributed by atoms with Crippen LogP contribution < -0.4 is 16.4 Å². The van der Waals surface area contributed by atoms with E-state index in [4.69, 9.17) is 11.1 Å². The Morgan fingerprint density at radius 3 is 2.32 bits per heavy atom. The number of hydrogen-bond donors (Lipinski definition) is 5. The third-order valence-corrected chi connectivity index (χ3v) is 10.3. The minimum atomic E-state index is -1.15. The van der Waals surface area contributed by atoms with Crippen LogP contribution in [-0.2, 0) is 11.2 Å². The van der Waals surface area contributed by atoms with Crippen molar-refractivity contribution in [2.24, 2.45) is 5.73 Å². The molecule has 3 rings (SSSR count). The van der Waals surface area contributed by atoms with Crippen LogP contribution in [0.15, 0.2) is 41.6 Å². The Morgan fingerprint density at radius 2 is 1.82 bits per heavy atom. The number of carbonyl (C=O) groups excluding carboxylic acids is 2. The van der Waals surface area contributed by atoms with E-state index in [-0.39, 0.29) is 30.9 Å². The zero-order valence-corrected chi connectivity index (χ0v) is 21.7. The standard InChI is InChI=1S/C25H39N5O3S/c1-24(2)20(26)19(21(27)29-22(32)25(12-9-13-25)34(3,4)5)15-30(24)23(33)28-18(16-31)14-17-10-7-6-8-11-17/h6-8,10-11,18,31H,9,12-16,26H2,1-5H3,(H,28,33)(H2,27,29,32). The highest BCUT2D eigenvalue weighted by molar-refractivity contribution is 8.33. The molecule has 2 aliphatic rings. The van der Waals surface area contributed by atoms with E-state index in [1.165, 1.54) is 0 Å². The van der Waals surface area contributed by atoms with Crippen molar-refractivity contribution in [3.05, 3.63) is 47.2 Å². The maximum atomic E-state index is 13.2. The number of nitrogens with zero attached hydrogens (tertiary/aromatic N) is 1. The van der Waals surface area contributed by atoms with Gasteiger partial charge in [0.25, 0.3) is 0 Å². The molecule has 1 aromatic rings. The molecule has 1 saturated carbocycles. The quantitative estimate of drug-likeness (QED) is 0.297. The molecular weight excluding hydrogens is 450 g/mol. The van der Waals surface area contributed by atoms with Crippen molar-refractivity contribution in [3.8, 4) is 0 Å². The van der Waals surface area contributed by atoms with Crippen molar-refractivity contribution in [3.63, 3.8) is 0 Å². The summed E-state index contributed by atoms with van der Waals surface area (Å²) < 4.78 is -0.411. The first-order valence-electron chi connectivity index (χ1n) is 11.6. The molecule has 0 aromatic heterocycles. The zero-order valence-electron chi connectivity index (χ0n) is 20.9. The van der Waals surface area contributed by atoms with Crippen LogP contribution in [0.1, 0.15) is 38.7 Å². The van der Waals surface area contributed by atoms with E-state index in [0.717, 1.165) is 24.8 Å². The zero-order chi connectivity index (χ0) is 25.3. The van der Waals surface area contributed by atoms with Gasteiger partial charge in [-0.15, -0.1) is 0 Å². The Morgan fingerprint density at radius 1 is 1.21 bits per heavy atom. The summed E-state index contributed by atoms with van der Waals surface area (Å²) in [5.41, 5.74) is 7.43. The molecule has 0 radical (unpaired) electrons. The fraction of sp³-hybridized carbons (Fsp3) is 0.560. The lowest BCUT2D eigenvalue weighted by Gasteiger charge is -2.53. The molecule has 1 heterocycles. The van der Waals surface area contributed by atoms with Crippen molar-refractivity contribution >= 4 is 27.8 Å². The average molecular weight is 490 g/mol. The van der Waals surface area contributed by atoms with E-state index >= 15 is 0 Å². The summed E-state index contributed by atoms with van der Waals surface area (Å²) in [6, 6.07) is 8.83. The van der Waals surface area contributed by atoms with Gasteiger partial charge in [0.05, 0.1) is 29.5 Å². The average Bonchev–Trinajstić information content (AvgIpc) is 2.95. The highest BCUT2D eigenvalue weighted by atomic mass is 32.3. The van der Waals surface area contributed by atoms with Gasteiger partial charge in [0.15, 0.2) is 0 Å². The van der Waals surface area contributed by atoms with Crippen LogP contribution >= 0.6 is 10.0 Å². The molecular formula is C25H39N5O3S. The number of urea groups is 1. The second-order valence-electron chi connectivity index (χ2n) is 10.6. The number of aliphatic hydroxyl groups excluding tert-OH is 1. The molecule has 0 spiro atoms. The summed E-state index contributed by atoms with van der Waals surface area (Å²) in [7, 11) is -1.15. The summed E-state index contributed by atoms with van der Waals surface area (Å²) in [4.78, 5) is 27.9. The normalized spacial score (nSPS) is 20.4. The predicted octanol–water partition coefficient (Wildman–Crippen LogP) is 2.32. The van der Waals surface area contributed by atoms with Crippen LogP contribution in [0.3, 0.4) is 0 Å². The number of nitrogens with two attached hydrogens (primary N) is 1. The van der Waals surface area contributed by atoms with Crippen molar-refractivity contribution in [2.75, 3.05) is 31.9 Å². The van der Waals surface area contributed by atoms with Gasteiger partial charge < -0.3 is 26.4 Å². The van der Waals surface area contributed by atoms with Crippen molar-refractivity contribution < 1.29 is 14.7 Å². The largest absolute Gasteiger partial charge is 0.400 e. The summed E-state index contributed by atoms with van der Waals surface area (Å²) in [6.07, 6.45) is 9.61. The molecule has 1 aliphatic carbocycles. The Bertz CT molecular complexity index is 980. The van der Waals surface area contributed by atoms with E-state index in [0.29, 0.717) is 17.7 Å². The summed E-state index contributed by atoms with van der Waals surface area (Å²) in [5.74, 6) is -0.153. The second-order valence-corrected chi connectivity index (χ2v) is 15.0. The number of carbonyl (C=O) groups is 2. The number of rotatable bonds is 7. The topological polar surface area (TPSA) is 132 Å². The molecule has 1 aliphatic heterocycles. The van der Waals surface area contributed by atoms with Crippen molar-refractivity contribution in [2.45, 2.75) is 55.9 Å². The van der Waals surface area contributed by atoms with Crippen LogP contribution in [-0.4, -0.2) is 76.0 Å². The van der Waals surface area contributed by atoms with Crippen LogP contribution in [0.25, 0.3) is 0 Å². The van der Waals surface area contributed by atoms with Crippen LogP contribution in [0.5, 0.6) is 0 Å². The second kappa shape index (κ2) is 9.62. The van der Waals surface area contributed by atoms with Gasteiger partial charge in [-0.25, -0.2) is 14.8 Å². The maximum absolute atomic E-state index is 13.2. The highest BCUT2D eigenvalue weighted by Crippen LogP contribution is 2.60. The summed E-state index contributed by atoms with van der Waals surface area (Å²) in [6.45, 7) is 3.56.